The van der Waals surface area contributed by atoms with Gasteiger partial charge in [0.15, 0.2) is 5.78 Å². The Bertz CT molecular complexity index is 785. The molecule has 0 saturated carbocycles. The molecule has 2 aromatic rings. The van der Waals surface area contributed by atoms with Crippen LogP contribution in [0.4, 0.5) is 17.6 Å². The highest BCUT2D eigenvalue weighted by molar-refractivity contribution is 9.10. The van der Waals surface area contributed by atoms with E-state index < -0.39 is 43.7 Å². The summed E-state index contributed by atoms with van der Waals surface area (Å²) < 4.78 is 53.7. The molecule has 0 aliphatic rings. The van der Waals surface area contributed by atoms with Crippen molar-refractivity contribution in [2.45, 2.75) is 33.3 Å². The van der Waals surface area contributed by atoms with Crippen molar-refractivity contribution in [3.05, 3.63) is 70.8 Å². The molecule has 0 aromatic heterocycles. The summed E-state index contributed by atoms with van der Waals surface area (Å²) in [6.45, 7) is 0. The van der Waals surface area contributed by atoms with Crippen LogP contribution in [0.3, 0.4) is 0 Å². The average Bonchev–Trinajstić information content (AvgIpc) is 2.60. The highest BCUT2D eigenvalue weighted by Gasteiger charge is 2.29. The molecule has 9 heteroatoms. The van der Waals surface area contributed by atoms with Gasteiger partial charge < -0.3 is 0 Å². The molecule has 0 spiro atoms. The Balaban J connectivity index is 1.99. The van der Waals surface area contributed by atoms with Gasteiger partial charge in [-0.25, -0.2) is 17.6 Å². The van der Waals surface area contributed by atoms with Crippen LogP contribution < -0.4 is 0 Å². The summed E-state index contributed by atoms with van der Waals surface area (Å²) in [6, 6.07) is 6.06. The zero-order valence-corrected chi connectivity index (χ0v) is 18.8. The maximum Gasteiger partial charge on any atom is 0.160 e. The first kappa shape index (κ1) is 23.6. The lowest BCUT2D eigenvalue weighted by Gasteiger charge is -2.19. The van der Waals surface area contributed by atoms with E-state index in [2.05, 4.69) is 31.9 Å². The minimum absolute atomic E-state index is 0.0445. The maximum absolute atomic E-state index is 13.8. The summed E-state index contributed by atoms with van der Waals surface area (Å²) >= 11 is 18.8. The first-order chi connectivity index (χ1) is 13.1. The van der Waals surface area contributed by atoms with Crippen molar-refractivity contribution in [2.75, 3.05) is 0 Å². The third-order valence-corrected chi connectivity index (χ3v) is 6.52. The number of hydrogen-bond donors (Lipinski definition) is 0. The smallest absolute Gasteiger partial charge is 0.160 e. The Morgan fingerprint density at radius 2 is 1.14 bits per heavy atom. The summed E-state index contributed by atoms with van der Waals surface area (Å²) in [5.41, 5.74) is 0.157. The molecule has 0 aliphatic heterocycles. The van der Waals surface area contributed by atoms with Crippen molar-refractivity contribution in [1.29, 1.82) is 0 Å². The molecule has 152 valence electrons. The Morgan fingerprint density at radius 1 is 0.786 bits per heavy atom. The predicted molar refractivity (Wildman–Crippen MR) is 110 cm³/mol. The van der Waals surface area contributed by atoms with Gasteiger partial charge in [-0.15, -0.1) is 23.2 Å². The molecule has 0 heterocycles. The fraction of sp³-hybridized carbons (Fsp3) is 0.316. The van der Waals surface area contributed by atoms with Crippen LogP contribution in [0.15, 0.2) is 36.4 Å². The van der Waals surface area contributed by atoms with Gasteiger partial charge in [-0.3, -0.25) is 4.79 Å². The molecule has 0 saturated heterocycles. The van der Waals surface area contributed by atoms with E-state index in [1.807, 2.05) is 0 Å². The normalized spacial score (nSPS) is 15.7. The standard InChI is InChI=1S/C19H14Br2Cl2F4O/c20-13(7-15(22)11-3-1-9(24)5-17(11)26)19(28)14(21)8-16(23)12-4-2-10(25)6-18(12)27/h1-6,13-16H,7-8H2. The number of rotatable bonds is 8. The fourth-order valence-electron chi connectivity index (χ4n) is 2.56. The molecule has 0 aliphatic carbocycles. The van der Waals surface area contributed by atoms with Crippen LogP contribution in [-0.4, -0.2) is 15.4 Å². The molecule has 4 unspecified atom stereocenters. The van der Waals surface area contributed by atoms with Gasteiger partial charge in [0.05, 0.1) is 20.4 Å². The van der Waals surface area contributed by atoms with Crippen LogP contribution >= 0.6 is 55.1 Å². The fourth-order valence-corrected chi connectivity index (χ4v) is 5.44. The Labute approximate surface area is 186 Å². The third kappa shape index (κ3) is 6.18. The van der Waals surface area contributed by atoms with Crippen LogP contribution in [-0.2, 0) is 4.79 Å². The zero-order chi connectivity index (χ0) is 21.0. The number of hydrogen-bond acceptors (Lipinski definition) is 1. The summed E-state index contributed by atoms with van der Waals surface area (Å²) in [5.74, 6) is -3.36. The van der Waals surface area contributed by atoms with Crippen molar-refractivity contribution < 1.29 is 22.4 Å². The Kier molecular flexibility index (Phi) is 8.80. The molecule has 1 nitrogen and oxygen atoms in total. The number of carbonyl (C=O) groups is 1. The van der Waals surface area contributed by atoms with Gasteiger partial charge in [-0.05, 0) is 25.0 Å². The largest absolute Gasteiger partial charge is 0.297 e. The van der Waals surface area contributed by atoms with Crippen molar-refractivity contribution in [3.63, 3.8) is 0 Å². The molecule has 4 atom stereocenters. The number of Topliss-reactive ketones (excluding diaryl/α,β-unsaturated/α-hetero) is 1. The predicted octanol–water partition coefficient (Wildman–Crippen LogP) is 7.38. The molecule has 2 rings (SSSR count). The summed E-state index contributed by atoms with van der Waals surface area (Å²) in [5, 5.41) is -1.73. The van der Waals surface area contributed by atoms with Gasteiger partial charge in [0.25, 0.3) is 0 Å². The van der Waals surface area contributed by atoms with E-state index in [-0.39, 0.29) is 29.8 Å². The van der Waals surface area contributed by atoms with Gasteiger partial charge in [0, 0.05) is 23.3 Å². The Morgan fingerprint density at radius 3 is 1.46 bits per heavy atom. The minimum atomic E-state index is -0.866. The molecule has 0 amide bonds. The molecular formula is C19H14Br2Cl2F4O. The first-order valence-electron chi connectivity index (χ1n) is 8.10. The molecular weight excluding hydrogens is 551 g/mol. The van der Waals surface area contributed by atoms with Gasteiger partial charge in [0.2, 0.25) is 0 Å². The highest BCUT2D eigenvalue weighted by atomic mass is 79.9. The summed E-state index contributed by atoms with van der Waals surface area (Å²) in [7, 11) is 0. The number of ketones is 1. The summed E-state index contributed by atoms with van der Waals surface area (Å²) in [4.78, 5) is 11.0. The molecule has 2 aromatic carbocycles. The van der Waals surface area contributed by atoms with E-state index in [1.165, 1.54) is 12.1 Å². The van der Waals surface area contributed by atoms with Crippen LogP contribution in [0, 0.1) is 23.3 Å². The third-order valence-electron chi connectivity index (χ3n) is 4.05. The van der Waals surface area contributed by atoms with Gasteiger partial charge in [-0.2, -0.15) is 0 Å². The van der Waals surface area contributed by atoms with E-state index in [1.54, 1.807) is 0 Å². The SMILES string of the molecule is O=C(C(Br)CC(Cl)c1ccc(F)cc1F)C(Br)CC(Cl)c1ccc(F)cc1F. The molecule has 0 radical (unpaired) electrons. The highest BCUT2D eigenvalue weighted by Crippen LogP contribution is 2.35. The van der Waals surface area contributed by atoms with E-state index in [9.17, 15) is 22.4 Å². The van der Waals surface area contributed by atoms with Crippen LogP contribution in [0.2, 0.25) is 0 Å². The monoisotopic (exact) mass is 562 g/mol. The number of halogens is 8. The topological polar surface area (TPSA) is 17.1 Å². The van der Waals surface area contributed by atoms with Gasteiger partial charge >= 0.3 is 0 Å². The van der Waals surface area contributed by atoms with Crippen molar-refractivity contribution >= 4 is 60.8 Å². The van der Waals surface area contributed by atoms with Crippen LogP contribution in [0.5, 0.6) is 0 Å². The lowest BCUT2D eigenvalue weighted by atomic mass is 10.0. The van der Waals surface area contributed by atoms with Crippen molar-refractivity contribution in [3.8, 4) is 0 Å². The summed E-state index contributed by atoms with van der Waals surface area (Å²) in [6.07, 6.45) is 0.0891. The zero-order valence-electron chi connectivity index (χ0n) is 14.1. The minimum Gasteiger partial charge on any atom is -0.297 e. The van der Waals surface area contributed by atoms with Gasteiger partial charge in [0.1, 0.15) is 23.3 Å². The van der Waals surface area contributed by atoms with Crippen LogP contribution in [0.1, 0.15) is 34.7 Å². The van der Waals surface area contributed by atoms with E-state index in [4.69, 9.17) is 23.2 Å². The number of benzene rings is 2. The second-order valence-electron chi connectivity index (χ2n) is 6.08. The van der Waals surface area contributed by atoms with Gasteiger partial charge in [-0.1, -0.05) is 44.0 Å². The first-order valence-corrected chi connectivity index (χ1v) is 10.8. The molecule has 0 N–H and O–H groups in total. The number of alkyl halides is 4. The lowest BCUT2D eigenvalue weighted by molar-refractivity contribution is -0.118. The molecule has 0 fully saturated rings. The quantitative estimate of drug-likeness (QED) is 0.241. The maximum atomic E-state index is 13.8. The van der Waals surface area contributed by atoms with Crippen LogP contribution in [0.25, 0.3) is 0 Å². The number of carbonyl (C=O) groups excluding carboxylic acids is 1. The second-order valence-corrected chi connectivity index (χ2v) is 9.34. The average molecular weight is 565 g/mol. The van der Waals surface area contributed by atoms with Crippen molar-refractivity contribution in [1.82, 2.24) is 0 Å². The Hall–Kier alpha value is -0.630. The van der Waals surface area contributed by atoms with E-state index >= 15 is 0 Å². The van der Waals surface area contributed by atoms with E-state index in [0.29, 0.717) is 0 Å². The second kappa shape index (κ2) is 10.4. The van der Waals surface area contributed by atoms with E-state index in [0.717, 1.165) is 24.3 Å². The van der Waals surface area contributed by atoms with Crippen molar-refractivity contribution in [2.24, 2.45) is 0 Å². The molecule has 0 bridgehead atoms. The lowest BCUT2D eigenvalue weighted by Crippen LogP contribution is -2.26. The molecule has 28 heavy (non-hydrogen) atoms.